The number of nitrogens with zero attached hydrogens (tertiary/aromatic N) is 2. The maximum Gasteiger partial charge on any atom is 0.224 e. The molecule has 2 amide bonds. The van der Waals surface area contributed by atoms with Crippen molar-refractivity contribution in [2.24, 2.45) is 0 Å². The van der Waals surface area contributed by atoms with Crippen molar-refractivity contribution in [1.82, 2.24) is 0 Å². The molecule has 0 aliphatic rings. The molecule has 0 saturated carbocycles. The fourth-order valence-corrected chi connectivity index (χ4v) is 4.30. The smallest absolute Gasteiger partial charge is 0.224 e. The Bertz CT molecular complexity index is 1470. The van der Waals surface area contributed by atoms with Crippen LogP contribution >= 0.6 is 0 Å². The largest absolute Gasteiger partial charge is 0.355 e. The molecule has 0 atom stereocenters. The van der Waals surface area contributed by atoms with Gasteiger partial charge >= 0.3 is 0 Å². The van der Waals surface area contributed by atoms with Crippen LogP contribution in [0.25, 0.3) is 0 Å². The maximum atomic E-state index is 12.3. The van der Waals surface area contributed by atoms with Gasteiger partial charge in [-0.25, -0.2) is 46.4 Å². The first-order valence-electron chi connectivity index (χ1n) is 15.6. The highest BCUT2D eigenvalue weighted by Gasteiger charge is 2.07. The van der Waals surface area contributed by atoms with Crippen LogP contribution in [0.15, 0.2) is 97.6 Å². The lowest BCUT2D eigenvalue weighted by Gasteiger charge is -2.17. The van der Waals surface area contributed by atoms with Gasteiger partial charge in [0.15, 0.2) is 24.8 Å². The van der Waals surface area contributed by atoms with E-state index in [0.29, 0.717) is 12.8 Å². The predicted molar refractivity (Wildman–Crippen MR) is 164 cm³/mol. The van der Waals surface area contributed by atoms with E-state index in [4.69, 9.17) is 37.3 Å². The number of aryl methyl sites for hydroxylation is 2. The zero-order valence-corrected chi connectivity index (χ0v) is 29.4. The van der Waals surface area contributed by atoms with Crippen LogP contribution in [0.5, 0.6) is 0 Å². The average Bonchev–Trinajstić information content (AvgIpc) is 3.05. The van der Waals surface area contributed by atoms with Gasteiger partial charge in [-0.15, -0.1) is 20.5 Å². The van der Waals surface area contributed by atoms with E-state index in [1.54, 1.807) is 0 Å². The number of hydrogen-bond acceptors (Lipinski definition) is 12. The number of hydrogen-bond donors (Lipinski definition) is 4. The lowest BCUT2D eigenvalue weighted by atomic mass is 10.1. The zero-order chi connectivity index (χ0) is 37.9. The van der Waals surface area contributed by atoms with E-state index in [2.05, 4.69) is 44.2 Å². The Morgan fingerprint density at radius 1 is 0.471 bits per heavy atom. The maximum absolute atomic E-state index is 12.3. The highest BCUT2D eigenvalue weighted by Crippen LogP contribution is 2.20. The molecule has 18 heteroatoms. The van der Waals surface area contributed by atoms with E-state index in [9.17, 15) is 9.59 Å². The summed E-state index contributed by atoms with van der Waals surface area (Å²) < 4.78 is 72.1. The van der Waals surface area contributed by atoms with Crippen LogP contribution < -0.4 is 67.7 Å². The first kappa shape index (κ1) is 42.7. The van der Waals surface area contributed by atoms with Crippen LogP contribution in [0.2, 0.25) is 0 Å². The monoisotopic (exact) mass is 750 g/mol. The molecule has 0 aliphatic carbocycles. The van der Waals surface area contributed by atoms with Gasteiger partial charge in [0, 0.05) is 59.9 Å². The van der Waals surface area contributed by atoms with E-state index in [-0.39, 0.29) is 11.8 Å². The summed E-state index contributed by atoms with van der Waals surface area (Å²) in [5.74, 6) is -0.0350. The number of benzene rings is 2. The van der Waals surface area contributed by atoms with E-state index in [0.717, 1.165) is 66.5 Å². The number of nitrogens with one attached hydrogen (secondary N) is 4. The summed E-state index contributed by atoms with van der Waals surface area (Å²) in [5, 5.41) is 12.6. The van der Waals surface area contributed by atoms with E-state index in [1.807, 2.05) is 97.6 Å². The van der Waals surface area contributed by atoms with Crippen LogP contribution in [-0.2, 0) is 22.7 Å². The molecule has 4 rings (SSSR count). The minimum absolute atomic E-state index is 0.0175. The van der Waals surface area contributed by atoms with Crippen molar-refractivity contribution in [3.63, 3.8) is 0 Å². The Hall–Kier alpha value is -4.46. The van der Waals surface area contributed by atoms with Gasteiger partial charge in [0.05, 0.1) is 11.4 Å². The standard InChI is InChI=1S/C33H38N6O2.2ClHO4/c1-3-38-22-18-30(19-23-38)34-26-10-14-28(15-11-26)36-32(40)8-6-5-7-9-33(41)37-29-16-12-27(13-17-29)35-31-20-24-39(4-2)25-21-31;2*2-1(3,4)5/h10-25H,3-9H2,1-2H3,(H2,36,37,40,41);2*(H,2,3,4,5). The zero-order valence-electron chi connectivity index (χ0n) is 27.9. The van der Waals surface area contributed by atoms with Crippen molar-refractivity contribution in [3.8, 4) is 0 Å². The first-order valence-corrected chi connectivity index (χ1v) is 18.0. The number of unbranched alkanes of at least 4 members (excludes halogenated alkanes) is 2. The molecule has 16 nitrogen and oxygen atoms in total. The van der Waals surface area contributed by atoms with Crippen LogP contribution in [-0.4, -0.2) is 11.8 Å². The second kappa shape index (κ2) is 21.7. The average molecular weight is 752 g/mol. The van der Waals surface area contributed by atoms with E-state index >= 15 is 0 Å². The summed E-state index contributed by atoms with van der Waals surface area (Å²) in [6.45, 7) is 6.08. The number of carbonyl (C=O) groups excluding carboxylic acids is 2. The molecule has 2 aromatic carbocycles. The molecule has 0 saturated heterocycles. The number of anilines is 6. The Labute approximate surface area is 299 Å². The number of rotatable bonds is 14. The van der Waals surface area contributed by atoms with Gasteiger partial charge in [0.1, 0.15) is 13.1 Å². The van der Waals surface area contributed by atoms with Crippen molar-refractivity contribution in [2.45, 2.75) is 59.0 Å². The molecule has 276 valence electrons. The van der Waals surface area contributed by atoms with Gasteiger partial charge in [-0.2, -0.15) is 0 Å². The first-order chi connectivity index (χ1) is 24.0. The minimum atomic E-state index is -4.94. The quantitative estimate of drug-likeness (QED) is 0.0733. The summed E-state index contributed by atoms with van der Waals surface area (Å²) in [7, 11) is -9.89. The highest BCUT2D eigenvalue weighted by molar-refractivity contribution is 5.91. The van der Waals surface area contributed by atoms with Crippen molar-refractivity contribution in [1.29, 1.82) is 0 Å². The summed E-state index contributed by atoms with van der Waals surface area (Å²) in [5.41, 5.74) is 5.48. The molecule has 0 spiro atoms. The van der Waals surface area contributed by atoms with Gasteiger partial charge in [0.2, 0.25) is 11.8 Å². The highest BCUT2D eigenvalue weighted by atomic mass is 35.7. The topological polar surface area (TPSA) is 274 Å². The molecule has 4 N–H and O–H groups in total. The second-order valence-electron chi connectivity index (χ2n) is 10.7. The summed E-state index contributed by atoms with van der Waals surface area (Å²) in [6.07, 6.45) is 11.3. The molecule has 51 heavy (non-hydrogen) atoms. The van der Waals surface area contributed by atoms with Gasteiger partial charge < -0.3 is 21.3 Å². The van der Waals surface area contributed by atoms with Gasteiger partial charge in [-0.3, -0.25) is 9.59 Å². The minimum Gasteiger partial charge on any atom is -0.355 e. The Balaban J connectivity index is 0.000000793. The van der Waals surface area contributed by atoms with Gasteiger partial charge in [-0.05, 0) is 75.2 Å². The summed E-state index contributed by atoms with van der Waals surface area (Å²) >= 11 is 0. The number of amides is 2. The van der Waals surface area contributed by atoms with Crippen molar-refractivity contribution in [3.05, 3.63) is 97.6 Å². The van der Waals surface area contributed by atoms with E-state index in [1.165, 1.54) is 0 Å². The number of carbonyl (C=O) groups is 2. The SMILES string of the molecule is CC[n+]1ccc(Nc2ccc(NC(=O)CCCCCC(=O)Nc3ccc(Nc4cc[n+](CC)cc4)cc3)cc2)cc1.[O-][Cl+3]([O-])([O-])[O-].[O-][Cl+3]([O-])([O-])[O-]. The molecule has 0 unspecified atom stereocenters. The lowest BCUT2D eigenvalue weighted by Crippen LogP contribution is -2.68. The van der Waals surface area contributed by atoms with Crippen LogP contribution in [0.4, 0.5) is 34.1 Å². The van der Waals surface area contributed by atoms with Crippen molar-refractivity contribution < 1.29 is 76.5 Å². The van der Waals surface area contributed by atoms with Crippen LogP contribution in [0.3, 0.4) is 0 Å². The number of aromatic nitrogens is 2. The van der Waals surface area contributed by atoms with Crippen molar-refractivity contribution in [2.75, 3.05) is 21.3 Å². The summed E-state index contributed by atoms with van der Waals surface area (Å²) in [4.78, 5) is 24.7. The van der Waals surface area contributed by atoms with Crippen LogP contribution in [0, 0.1) is 20.5 Å². The molecular formula is C33H40Cl2N6O10. The summed E-state index contributed by atoms with van der Waals surface area (Å²) in [6, 6.07) is 23.5. The predicted octanol–water partition coefficient (Wildman–Crippen LogP) is -3.20. The number of halogens is 2. The van der Waals surface area contributed by atoms with Gasteiger partial charge in [0.25, 0.3) is 0 Å². The molecule has 4 aromatic rings. The third kappa shape index (κ3) is 21.4. The molecule has 0 radical (unpaired) electrons. The Kier molecular flexibility index (Phi) is 18.2. The Morgan fingerprint density at radius 2 is 0.725 bits per heavy atom. The molecule has 2 heterocycles. The second-order valence-corrected chi connectivity index (χ2v) is 12.2. The van der Waals surface area contributed by atoms with Crippen LogP contribution in [0.1, 0.15) is 46.0 Å². The molecular weight excluding hydrogens is 711 g/mol. The van der Waals surface area contributed by atoms with E-state index < -0.39 is 20.5 Å². The molecule has 0 bridgehead atoms. The third-order valence-corrected chi connectivity index (χ3v) is 6.73. The molecule has 0 fully saturated rings. The third-order valence-electron chi connectivity index (χ3n) is 6.73. The fraction of sp³-hybridized carbons (Fsp3) is 0.273. The fourth-order valence-electron chi connectivity index (χ4n) is 4.30. The molecule has 2 aromatic heterocycles. The Morgan fingerprint density at radius 3 is 1.00 bits per heavy atom. The van der Waals surface area contributed by atoms with Gasteiger partial charge in [-0.1, -0.05) is 6.42 Å². The number of pyridine rings is 2. The molecule has 0 aliphatic heterocycles. The lowest BCUT2D eigenvalue weighted by molar-refractivity contribution is -2.00. The normalized spacial score (nSPS) is 10.9. The van der Waals surface area contributed by atoms with Crippen molar-refractivity contribution >= 4 is 45.9 Å².